The molecular formula is C21H20ClFN4O. The van der Waals surface area contributed by atoms with E-state index in [1.54, 1.807) is 4.52 Å². The molecule has 7 heteroatoms. The first-order valence-electron chi connectivity index (χ1n) is 8.84. The topological polar surface area (TPSA) is 72.4 Å². The van der Waals surface area contributed by atoms with Gasteiger partial charge in [-0.1, -0.05) is 23.7 Å². The minimum atomic E-state index is -0.936. The molecule has 4 rings (SSSR count). The molecule has 144 valence electrons. The molecule has 3 N–H and O–H groups in total. The highest BCUT2D eigenvalue weighted by atomic mass is 35.5. The summed E-state index contributed by atoms with van der Waals surface area (Å²) in [5.41, 5.74) is 8.88. The lowest BCUT2D eigenvalue weighted by Gasteiger charge is -2.19. The van der Waals surface area contributed by atoms with Gasteiger partial charge in [-0.15, -0.1) is 12.8 Å². The second-order valence-corrected chi connectivity index (χ2v) is 7.00. The monoisotopic (exact) mass is 398 g/mol. The first kappa shape index (κ1) is 19.7. The van der Waals surface area contributed by atoms with Gasteiger partial charge in [0.25, 0.3) is 5.91 Å². The van der Waals surface area contributed by atoms with Gasteiger partial charge in [0.05, 0.1) is 29.0 Å². The quantitative estimate of drug-likeness (QED) is 0.643. The van der Waals surface area contributed by atoms with Crippen molar-refractivity contribution < 1.29 is 9.18 Å². The van der Waals surface area contributed by atoms with Gasteiger partial charge in [0.2, 0.25) is 0 Å². The lowest BCUT2D eigenvalue weighted by atomic mass is 10.1. The number of fused-ring (bicyclic) bond motifs is 1. The number of nitrogens with zero attached hydrogens (tertiary/aromatic N) is 2. The number of alkyl halides is 1. The van der Waals surface area contributed by atoms with Gasteiger partial charge in [-0.05, 0) is 43.0 Å². The van der Waals surface area contributed by atoms with Crippen LogP contribution in [0.5, 0.6) is 0 Å². The second-order valence-electron chi connectivity index (χ2n) is 6.56. The third kappa shape index (κ3) is 3.80. The van der Waals surface area contributed by atoms with Gasteiger partial charge in [0.1, 0.15) is 6.17 Å². The highest BCUT2D eigenvalue weighted by molar-refractivity contribution is 6.30. The van der Waals surface area contributed by atoms with Gasteiger partial charge in [0, 0.05) is 16.8 Å². The molecule has 2 heterocycles. The Kier molecular flexibility index (Phi) is 5.86. The first-order valence-corrected chi connectivity index (χ1v) is 9.22. The van der Waals surface area contributed by atoms with Crippen molar-refractivity contribution in [3.63, 3.8) is 0 Å². The number of hydrogen-bond donors (Lipinski definition) is 2. The Labute approximate surface area is 167 Å². The van der Waals surface area contributed by atoms with Crippen molar-refractivity contribution in [2.75, 3.05) is 5.32 Å². The van der Waals surface area contributed by atoms with E-state index in [0.717, 1.165) is 24.0 Å². The summed E-state index contributed by atoms with van der Waals surface area (Å²) in [7, 11) is 0. The molecule has 1 aromatic carbocycles. The number of terminal acetylenes is 1. The largest absolute Gasteiger partial charge is 0.377 e. The van der Waals surface area contributed by atoms with E-state index in [4.69, 9.17) is 17.3 Å². The molecule has 0 saturated heterocycles. The summed E-state index contributed by atoms with van der Waals surface area (Å²) in [4.78, 5) is 11.9. The Hall–Kier alpha value is -3.04. The molecule has 0 unspecified atom stereocenters. The van der Waals surface area contributed by atoms with Crippen molar-refractivity contribution in [3.05, 3.63) is 53.3 Å². The molecule has 0 aliphatic heterocycles. The van der Waals surface area contributed by atoms with Crippen LogP contribution in [-0.2, 0) is 0 Å². The number of anilines is 1. The van der Waals surface area contributed by atoms with Crippen molar-refractivity contribution in [1.29, 1.82) is 0 Å². The molecule has 1 amide bonds. The molecule has 0 bridgehead atoms. The summed E-state index contributed by atoms with van der Waals surface area (Å²) in [6, 6.07) is 9.03. The minimum Gasteiger partial charge on any atom is -0.377 e. The third-order valence-electron chi connectivity index (χ3n) is 4.84. The van der Waals surface area contributed by atoms with Gasteiger partial charge in [0.15, 0.2) is 0 Å². The highest BCUT2D eigenvalue weighted by Crippen LogP contribution is 2.32. The molecule has 1 aliphatic carbocycles. The van der Waals surface area contributed by atoms with Crippen LogP contribution >= 0.6 is 11.6 Å². The lowest BCUT2D eigenvalue weighted by Crippen LogP contribution is -2.27. The zero-order valence-corrected chi connectivity index (χ0v) is 15.9. The van der Waals surface area contributed by atoms with E-state index in [1.165, 1.54) is 6.20 Å². The molecular weight excluding hydrogens is 379 g/mol. The fourth-order valence-corrected chi connectivity index (χ4v) is 3.58. The van der Waals surface area contributed by atoms with Crippen LogP contribution in [0, 0.1) is 12.8 Å². The van der Waals surface area contributed by atoms with Crippen LogP contribution in [0.4, 0.5) is 10.1 Å². The molecule has 1 fully saturated rings. The third-order valence-corrected chi connectivity index (χ3v) is 5.09. The molecule has 0 spiro atoms. The number of nitrogens with one attached hydrogen (secondary N) is 1. The van der Waals surface area contributed by atoms with E-state index in [-0.39, 0.29) is 11.6 Å². The van der Waals surface area contributed by atoms with Crippen LogP contribution < -0.4 is 11.1 Å². The smallest absolute Gasteiger partial charge is 0.252 e. The number of halogens is 2. The highest BCUT2D eigenvalue weighted by Gasteiger charge is 2.28. The number of rotatable bonds is 4. The van der Waals surface area contributed by atoms with Crippen LogP contribution in [0.25, 0.3) is 16.6 Å². The van der Waals surface area contributed by atoms with E-state index in [2.05, 4.69) is 23.3 Å². The van der Waals surface area contributed by atoms with Gasteiger partial charge in [-0.3, -0.25) is 4.79 Å². The van der Waals surface area contributed by atoms with E-state index < -0.39 is 12.1 Å². The Morgan fingerprint density at radius 2 is 1.96 bits per heavy atom. The van der Waals surface area contributed by atoms with Crippen molar-refractivity contribution in [1.82, 2.24) is 9.61 Å². The normalized spacial score (nSPS) is 18.4. The summed E-state index contributed by atoms with van der Waals surface area (Å²) < 4.78 is 15.8. The van der Waals surface area contributed by atoms with Crippen molar-refractivity contribution >= 4 is 28.7 Å². The number of benzene rings is 1. The molecule has 5 nitrogen and oxygen atoms in total. The lowest BCUT2D eigenvalue weighted by molar-refractivity contribution is 0.100. The molecule has 0 radical (unpaired) electrons. The molecule has 28 heavy (non-hydrogen) atoms. The maximum Gasteiger partial charge on any atom is 0.252 e. The number of nitrogens with two attached hydrogens (primary N) is 1. The van der Waals surface area contributed by atoms with Crippen LogP contribution in [0.3, 0.4) is 0 Å². The number of carbonyl (C=O) groups excluding carboxylic acids is 1. The number of aromatic nitrogens is 2. The summed E-state index contributed by atoms with van der Waals surface area (Å²) >= 11 is 5.95. The van der Waals surface area contributed by atoms with Crippen LogP contribution in [0.1, 0.15) is 29.6 Å². The Morgan fingerprint density at radius 1 is 1.25 bits per heavy atom. The second kappa shape index (κ2) is 8.32. The van der Waals surface area contributed by atoms with E-state index in [1.807, 2.05) is 36.5 Å². The van der Waals surface area contributed by atoms with Gasteiger partial charge in [-0.2, -0.15) is 5.10 Å². The maximum atomic E-state index is 14.1. The fourth-order valence-electron chi connectivity index (χ4n) is 3.46. The van der Waals surface area contributed by atoms with Crippen molar-refractivity contribution in [2.45, 2.75) is 31.5 Å². The maximum absolute atomic E-state index is 14.1. The predicted octanol–water partition coefficient (Wildman–Crippen LogP) is 4.31. The number of carbonyl (C=O) groups is 1. The summed E-state index contributed by atoms with van der Waals surface area (Å²) in [6.45, 7) is 0. The van der Waals surface area contributed by atoms with E-state index in [0.29, 0.717) is 22.6 Å². The Morgan fingerprint density at radius 3 is 2.57 bits per heavy atom. The van der Waals surface area contributed by atoms with Crippen LogP contribution in [0.15, 0.2) is 42.7 Å². The molecule has 2 atom stereocenters. The fraction of sp³-hybridized carbons (Fsp3) is 0.238. The van der Waals surface area contributed by atoms with Gasteiger partial charge < -0.3 is 11.1 Å². The predicted molar refractivity (Wildman–Crippen MR) is 110 cm³/mol. The molecule has 1 saturated carbocycles. The van der Waals surface area contributed by atoms with Crippen LogP contribution in [0.2, 0.25) is 5.02 Å². The Bertz CT molecular complexity index is 1010. The zero-order chi connectivity index (χ0) is 20.3. The summed E-state index contributed by atoms with van der Waals surface area (Å²) in [5.74, 6) is -0.592. The average molecular weight is 399 g/mol. The van der Waals surface area contributed by atoms with E-state index in [9.17, 15) is 9.18 Å². The standard InChI is InChI=1S/C19H18ClFN4O.C2H2/c20-13-6-4-11(5-7-13)12-8-17-18(24-16-3-1-2-15(16)21)14(19(22)26)9-23-25(17)10-12;1-2/h4-10,15-16,24H,1-3H2,(H2,22,26);1-2H/t15-,16+;/m0./s1. The van der Waals surface area contributed by atoms with Gasteiger partial charge in [-0.25, -0.2) is 8.91 Å². The van der Waals surface area contributed by atoms with Crippen LogP contribution in [-0.4, -0.2) is 27.7 Å². The first-order chi connectivity index (χ1) is 13.5. The number of amides is 1. The summed E-state index contributed by atoms with van der Waals surface area (Å²) in [6.07, 6.45) is 12.4. The van der Waals surface area contributed by atoms with Crippen molar-refractivity contribution in [2.24, 2.45) is 5.73 Å². The average Bonchev–Trinajstić information content (AvgIpc) is 3.30. The molecule has 3 aromatic rings. The van der Waals surface area contributed by atoms with Crippen molar-refractivity contribution in [3.8, 4) is 24.0 Å². The summed E-state index contributed by atoms with van der Waals surface area (Å²) in [5, 5.41) is 8.13. The SMILES string of the molecule is C#C.NC(=O)c1cnn2cc(-c3ccc(Cl)cc3)cc2c1N[C@@H]1CCC[C@@H]1F. The van der Waals surface area contributed by atoms with E-state index >= 15 is 0 Å². The number of primary amides is 1. The Balaban J connectivity index is 0.00000109. The number of hydrogen-bond acceptors (Lipinski definition) is 3. The molecule has 1 aliphatic rings. The minimum absolute atomic E-state index is 0.261. The molecule has 2 aromatic heterocycles. The zero-order valence-electron chi connectivity index (χ0n) is 15.1. The van der Waals surface area contributed by atoms with Gasteiger partial charge >= 0.3 is 0 Å².